The molecular formula is C16H20BrNO. The predicted molar refractivity (Wildman–Crippen MR) is 81.5 cm³/mol. The lowest BCUT2D eigenvalue weighted by molar-refractivity contribution is 0.351. The largest absolute Gasteiger partial charge is 0.493 e. The fourth-order valence-corrected chi connectivity index (χ4v) is 3.48. The monoisotopic (exact) mass is 321 g/mol. The molecule has 2 nitrogen and oxygen atoms in total. The van der Waals surface area contributed by atoms with Gasteiger partial charge < -0.3 is 10.1 Å². The third kappa shape index (κ3) is 3.21. The molecule has 1 aliphatic heterocycles. The minimum atomic E-state index is 0.797. The van der Waals surface area contributed by atoms with Crippen molar-refractivity contribution in [3.8, 4) is 5.75 Å². The summed E-state index contributed by atoms with van der Waals surface area (Å²) < 4.78 is 6.92. The summed E-state index contributed by atoms with van der Waals surface area (Å²) in [5, 5.41) is 3.59. The molecule has 3 rings (SSSR count). The number of nitrogens with one attached hydrogen (secondary N) is 1. The highest BCUT2D eigenvalue weighted by atomic mass is 79.9. The molecule has 0 saturated heterocycles. The Morgan fingerprint density at radius 1 is 1.32 bits per heavy atom. The molecule has 1 aromatic rings. The van der Waals surface area contributed by atoms with Crippen molar-refractivity contribution in [3.63, 3.8) is 0 Å². The lowest BCUT2D eigenvalue weighted by Gasteiger charge is -2.18. The lowest BCUT2D eigenvalue weighted by atomic mass is 9.94. The highest BCUT2D eigenvalue weighted by molar-refractivity contribution is 9.10. The first-order valence-corrected chi connectivity index (χ1v) is 7.92. The Morgan fingerprint density at radius 3 is 3.11 bits per heavy atom. The van der Waals surface area contributed by atoms with E-state index in [9.17, 15) is 0 Å². The molecule has 0 fully saturated rings. The number of rotatable bonds is 4. The molecule has 0 radical (unpaired) electrons. The number of halogens is 1. The van der Waals surface area contributed by atoms with Crippen molar-refractivity contribution in [3.05, 3.63) is 39.9 Å². The third-order valence-corrected chi connectivity index (χ3v) is 4.41. The van der Waals surface area contributed by atoms with E-state index in [1.165, 1.54) is 30.4 Å². The summed E-state index contributed by atoms with van der Waals surface area (Å²) in [5.74, 6) is 1.91. The number of hydrogen-bond acceptors (Lipinski definition) is 2. The van der Waals surface area contributed by atoms with Crippen molar-refractivity contribution in [2.45, 2.75) is 32.2 Å². The van der Waals surface area contributed by atoms with Gasteiger partial charge in [-0.1, -0.05) is 28.1 Å². The minimum absolute atomic E-state index is 0.797. The topological polar surface area (TPSA) is 21.3 Å². The van der Waals surface area contributed by atoms with E-state index in [2.05, 4.69) is 45.5 Å². The second kappa shape index (κ2) is 6.10. The molecule has 102 valence electrons. The van der Waals surface area contributed by atoms with Crippen LogP contribution in [0.3, 0.4) is 0 Å². The van der Waals surface area contributed by atoms with Gasteiger partial charge in [-0.3, -0.25) is 0 Å². The van der Waals surface area contributed by atoms with Crippen molar-refractivity contribution >= 4 is 15.9 Å². The molecule has 1 unspecified atom stereocenters. The summed E-state index contributed by atoms with van der Waals surface area (Å²) in [5.41, 5.74) is 2.63. The van der Waals surface area contributed by atoms with Gasteiger partial charge >= 0.3 is 0 Å². The van der Waals surface area contributed by atoms with Crippen LogP contribution in [-0.2, 0) is 13.0 Å². The maximum absolute atomic E-state index is 5.76. The van der Waals surface area contributed by atoms with Gasteiger partial charge in [0, 0.05) is 23.0 Å². The van der Waals surface area contributed by atoms with Crippen LogP contribution in [0.1, 0.15) is 30.4 Å². The van der Waals surface area contributed by atoms with E-state index in [0.29, 0.717) is 0 Å². The normalized spacial score (nSPS) is 21.2. The van der Waals surface area contributed by atoms with Crippen LogP contribution < -0.4 is 10.1 Å². The smallest absolute Gasteiger partial charge is 0.127 e. The van der Waals surface area contributed by atoms with Crippen LogP contribution >= 0.6 is 15.9 Å². The van der Waals surface area contributed by atoms with Crippen LogP contribution in [0.2, 0.25) is 0 Å². The first kappa shape index (κ1) is 13.2. The standard InChI is InChI=1S/C16H20BrNO/c17-15-8-13-6-7-19-16(13)14(9-15)11-18-10-12-4-2-1-3-5-12/h1-2,8-9,12,18H,3-7,10-11H2. The minimum Gasteiger partial charge on any atom is -0.493 e. The van der Waals surface area contributed by atoms with Gasteiger partial charge in [-0.05, 0) is 49.4 Å². The Balaban J connectivity index is 1.59. The predicted octanol–water partition coefficient (Wildman–Crippen LogP) is 3.83. The number of hydrogen-bond donors (Lipinski definition) is 1. The summed E-state index contributed by atoms with van der Waals surface area (Å²) >= 11 is 3.59. The van der Waals surface area contributed by atoms with Gasteiger partial charge in [0.1, 0.15) is 5.75 Å². The quantitative estimate of drug-likeness (QED) is 0.851. The summed E-state index contributed by atoms with van der Waals surface area (Å²) in [6.07, 6.45) is 9.43. The zero-order chi connectivity index (χ0) is 13.1. The summed E-state index contributed by atoms with van der Waals surface area (Å²) in [6, 6.07) is 4.36. The van der Waals surface area contributed by atoms with Crippen LogP contribution in [0.4, 0.5) is 0 Å². The molecule has 3 heteroatoms. The van der Waals surface area contributed by atoms with Crippen LogP contribution in [0.5, 0.6) is 5.75 Å². The Morgan fingerprint density at radius 2 is 2.26 bits per heavy atom. The van der Waals surface area contributed by atoms with Gasteiger partial charge in [0.25, 0.3) is 0 Å². The molecule has 1 aliphatic carbocycles. The first-order valence-electron chi connectivity index (χ1n) is 7.13. The summed E-state index contributed by atoms with van der Waals surface area (Å²) in [7, 11) is 0. The SMILES string of the molecule is Brc1cc2c(c(CNCC3CC=CCC3)c1)OCC2. The van der Waals surface area contributed by atoms with Gasteiger partial charge in [-0.2, -0.15) is 0 Å². The second-order valence-electron chi connectivity index (χ2n) is 5.43. The molecule has 0 aromatic heterocycles. The van der Waals surface area contributed by atoms with Crippen molar-refractivity contribution in [1.29, 1.82) is 0 Å². The van der Waals surface area contributed by atoms with Crippen molar-refractivity contribution in [2.24, 2.45) is 5.92 Å². The van der Waals surface area contributed by atoms with Crippen molar-refractivity contribution in [2.75, 3.05) is 13.2 Å². The van der Waals surface area contributed by atoms with Gasteiger partial charge in [0.05, 0.1) is 6.61 Å². The van der Waals surface area contributed by atoms with Gasteiger partial charge in [0.15, 0.2) is 0 Å². The van der Waals surface area contributed by atoms with E-state index in [1.54, 1.807) is 0 Å². The highest BCUT2D eigenvalue weighted by Crippen LogP contribution is 2.32. The van der Waals surface area contributed by atoms with Gasteiger partial charge in [-0.25, -0.2) is 0 Å². The molecule has 1 aromatic carbocycles. The van der Waals surface area contributed by atoms with E-state index in [-0.39, 0.29) is 0 Å². The van der Waals surface area contributed by atoms with Crippen LogP contribution in [0.15, 0.2) is 28.8 Å². The lowest BCUT2D eigenvalue weighted by Crippen LogP contribution is -2.23. The fraction of sp³-hybridized carbons (Fsp3) is 0.500. The molecule has 0 spiro atoms. The Kier molecular flexibility index (Phi) is 4.24. The van der Waals surface area contributed by atoms with Crippen molar-refractivity contribution in [1.82, 2.24) is 5.32 Å². The summed E-state index contributed by atoms with van der Waals surface area (Å²) in [4.78, 5) is 0. The Labute approximate surface area is 123 Å². The molecule has 19 heavy (non-hydrogen) atoms. The molecular weight excluding hydrogens is 302 g/mol. The Bertz CT molecular complexity index is 484. The first-order chi connectivity index (χ1) is 9.33. The molecule has 1 atom stereocenters. The number of benzene rings is 1. The average molecular weight is 322 g/mol. The van der Waals surface area contributed by atoms with E-state index < -0.39 is 0 Å². The maximum Gasteiger partial charge on any atom is 0.127 e. The van der Waals surface area contributed by atoms with E-state index in [4.69, 9.17) is 4.74 Å². The van der Waals surface area contributed by atoms with E-state index >= 15 is 0 Å². The van der Waals surface area contributed by atoms with E-state index in [1.807, 2.05) is 0 Å². The van der Waals surface area contributed by atoms with Gasteiger partial charge in [-0.15, -0.1) is 0 Å². The molecule has 1 N–H and O–H groups in total. The molecule has 2 aliphatic rings. The maximum atomic E-state index is 5.76. The second-order valence-corrected chi connectivity index (χ2v) is 6.35. The number of ether oxygens (including phenoxy) is 1. The fourth-order valence-electron chi connectivity index (χ4n) is 2.93. The highest BCUT2D eigenvalue weighted by Gasteiger charge is 2.17. The van der Waals surface area contributed by atoms with Crippen LogP contribution in [0.25, 0.3) is 0 Å². The summed E-state index contributed by atoms with van der Waals surface area (Å²) in [6.45, 7) is 2.83. The molecule has 0 saturated carbocycles. The zero-order valence-corrected chi connectivity index (χ0v) is 12.7. The average Bonchev–Trinajstić information content (AvgIpc) is 2.88. The Hall–Kier alpha value is -0.800. The van der Waals surface area contributed by atoms with Crippen LogP contribution in [-0.4, -0.2) is 13.2 Å². The van der Waals surface area contributed by atoms with Crippen molar-refractivity contribution < 1.29 is 4.74 Å². The zero-order valence-electron chi connectivity index (χ0n) is 11.1. The molecule has 0 bridgehead atoms. The van der Waals surface area contributed by atoms with Gasteiger partial charge in [0.2, 0.25) is 0 Å². The molecule has 1 heterocycles. The van der Waals surface area contributed by atoms with E-state index in [0.717, 1.165) is 42.3 Å². The number of allylic oxidation sites excluding steroid dienone is 2. The number of fused-ring (bicyclic) bond motifs is 1. The van der Waals surface area contributed by atoms with Crippen LogP contribution in [0, 0.1) is 5.92 Å². The molecule has 0 amide bonds. The third-order valence-electron chi connectivity index (χ3n) is 3.95.